The molecule has 0 heterocycles. The zero-order valence-electron chi connectivity index (χ0n) is 20.7. The van der Waals surface area contributed by atoms with E-state index in [1.165, 1.54) is 27.4 Å². The van der Waals surface area contributed by atoms with Gasteiger partial charge in [0.15, 0.2) is 17.6 Å². The molecule has 0 N–H and O–H groups in total. The zero-order valence-corrected chi connectivity index (χ0v) is 20.7. The second-order valence-corrected chi connectivity index (χ2v) is 7.76. The van der Waals surface area contributed by atoms with Crippen molar-refractivity contribution in [2.24, 2.45) is 0 Å². The third-order valence-electron chi connectivity index (χ3n) is 5.29. The summed E-state index contributed by atoms with van der Waals surface area (Å²) in [4.78, 5) is 13.1. The fourth-order valence-corrected chi connectivity index (χ4v) is 3.61. The number of ether oxygens (including phenoxy) is 6. The van der Waals surface area contributed by atoms with Crippen LogP contribution in [-0.2, 0) is 25.4 Å². The van der Waals surface area contributed by atoms with Crippen LogP contribution < -0.4 is 14.2 Å². The van der Waals surface area contributed by atoms with Crippen LogP contribution in [0.3, 0.4) is 0 Å². The molecule has 192 valence electrons. The summed E-state index contributed by atoms with van der Waals surface area (Å²) < 4.78 is 47.9. The van der Waals surface area contributed by atoms with Gasteiger partial charge < -0.3 is 28.4 Å². The van der Waals surface area contributed by atoms with E-state index in [0.29, 0.717) is 6.61 Å². The fraction of sp³-hybridized carbons (Fsp3) is 0.321. The van der Waals surface area contributed by atoms with Crippen molar-refractivity contribution in [3.05, 3.63) is 89.2 Å². The number of halogens is 1. The Morgan fingerprint density at radius 2 is 1.33 bits per heavy atom. The van der Waals surface area contributed by atoms with Crippen molar-refractivity contribution in [3.63, 3.8) is 0 Å². The van der Waals surface area contributed by atoms with Crippen LogP contribution in [0.15, 0.2) is 66.7 Å². The zero-order chi connectivity index (χ0) is 25.8. The molecule has 0 saturated carbocycles. The molecule has 36 heavy (non-hydrogen) atoms. The van der Waals surface area contributed by atoms with Crippen molar-refractivity contribution in [1.29, 1.82) is 0 Å². The van der Waals surface area contributed by atoms with Crippen LogP contribution in [0.2, 0.25) is 0 Å². The molecule has 0 atom stereocenters. The summed E-state index contributed by atoms with van der Waals surface area (Å²) in [5, 5.41) is 0. The number of esters is 1. The Hall–Kier alpha value is -3.62. The maximum Gasteiger partial charge on any atom is 0.311 e. The highest BCUT2D eigenvalue weighted by Gasteiger charge is 2.25. The van der Waals surface area contributed by atoms with Gasteiger partial charge in [-0.15, -0.1) is 0 Å². The van der Waals surface area contributed by atoms with Gasteiger partial charge in [-0.05, 0) is 17.2 Å². The molecule has 0 spiro atoms. The van der Waals surface area contributed by atoms with E-state index < -0.39 is 17.9 Å². The molecule has 0 aromatic heterocycles. The van der Waals surface area contributed by atoms with Gasteiger partial charge in [0.2, 0.25) is 11.6 Å². The molecular formula is C28H31FO7. The predicted octanol–water partition coefficient (Wildman–Crippen LogP) is 4.76. The summed E-state index contributed by atoms with van der Waals surface area (Å²) >= 11 is 0. The molecule has 7 nitrogen and oxygen atoms in total. The van der Waals surface area contributed by atoms with Gasteiger partial charge >= 0.3 is 5.97 Å². The molecule has 0 fully saturated rings. The number of benzene rings is 3. The number of hydrogen-bond acceptors (Lipinski definition) is 7. The van der Waals surface area contributed by atoms with Crippen LogP contribution in [-0.4, -0.2) is 53.7 Å². The number of hydrogen-bond donors (Lipinski definition) is 0. The van der Waals surface area contributed by atoms with E-state index in [1.54, 1.807) is 0 Å². The van der Waals surface area contributed by atoms with Crippen LogP contribution >= 0.6 is 0 Å². The van der Waals surface area contributed by atoms with E-state index in [2.05, 4.69) is 0 Å². The highest BCUT2D eigenvalue weighted by Crippen LogP contribution is 2.40. The van der Waals surface area contributed by atoms with E-state index in [-0.39, 0.29) is 49.1 Å². The Morgan fingerprint density at radius 3 is 1.86 bits per heavy atom. The number of rotatable bonds is 14. The topological polar surface area (TPSA) is 72.5 Å². The number of methoxy groups -OCH3 is 3. The second kappa shape index (κ2) is 14.1. The van der Waals surface area contributed by atoms with E-state index in [0.717, 1.165) is 11.1 Å². The van der Waals surface area contributed by atoms with Gasteiger partial charge in [0, 0.05) is 19.8 Å². The van der Waals surface area contributed by atoms with Gasteiger partial charge in [0.1, 0.15) is 13.2 Å². The fourth-order valence-electron chi connectivity index (χ4n) is 3.61. The van der Waals surface area contributed by atoms with Crippen LogP contribution in [0, 0.1) is 5.82 Å². The summed E-state index contributed by atoms with van der Waals surface area (Å²) in [7, 11) is 4.38. The maximum absolute atomic E-state index is 15.4. The van der Waals surface area contributed by atoms with Crippen LogP contribution in [0.25, 0.3) is 0 Å². The summed E-state index contributed by atoms with van der Waals surface area (Å²) in [5.74, 6) is -1.43. The van der Waals surface area contributed by atoms with Gasteiger partial charge in [0.25, 0.3) is 0 Å². The summed E-state index contributed by atoms with van der Waals surface area (Å²) in [6.07, 6.45) is -0.861. The Balaban J connectivity index is 1.89. The molecule has 0 bridgehead atoms. The van der Waals surface area contributed by atoms with Crippen LogP contribution in [0.1, 0.15) is 22.8 Å². The van der Waals surface area contributed by atoms with Crippen LogP contribution in [0.4, 0.5) is 4.39 Å². The minimum absolute atomic E-state index is 0.106. The Labute approximate surface area is 210 Å². The lowest BCUT2D eigenvalue weighted by Crippen LogP contribution is -2.16. The third kappa shape index (κ3) is 7.19. The molecule has 8 heteroatoms. The molecule has 0 unspecified atom stereocenters. The molecule has 3 aromatic rings. The van der Waals surface area contributed by atoms with Crippen molar-refractivity contribution < 1.29 is 37.6 Å². The monoisotopic (exact) mass is 498 g/mol. The SMILES string of the molecule is COCCOc1cc(CC(=O)OC(c2ccccc2)c2ccccc2)c(OC)c(F)c1OCCOC. The van der Waals surface area contributed by atoms with E-state index in [9.17, 15) is 4.79 Å². The third-order valence-corrected chi connectivity index (χ3v) is 5.29. The van der Waals surface area contributed by atoms with E-state index >= 15 is 4.39 Å². The molecular weight excluding hydrogens is 467 g/mol. The summed E-state index contributed by atoms with van der Waals surface area (Å²) in [6, 6.07) is 20.4. The molecule has 0 aliphatic rings. The number of carbonyl (C=O) groups excluding carboxylic acids is 1. The van der Waals surface area contributed by atoms with Gasteiger partial charge in [-0.1, -0.05) is 60.7 Å². The van der Waals surface area contributed by atoms with Crippen LogP contribution in [0.5, 0.6) is 17.2 Å². The van der Waals surface area contributed by atoms with Crippen molar-refractivity contribution in [1.82, 2.24) is 0 Å². The average Bonchev–Trinajstić information content (AvgIpc) is 2.90. The Kier molecular flexibility index (Phi) is 10.5. The molecule has 0 saturated heterocycles. The van der Waals surface area contributed by atoms with E-state index in [4.69, 9.17) is 28.4 Å². The molecule has 3 aromatic carbocycles. The first-order chi connectivity index (χ1) is 17.6. The van der Waals surface area contributed by atoms with Gasteiger partial charge in [-0.25, -0.2) is 0 Å². The van der Waals surface area contributed by atoms with Crippen molar-refractivity contribution in [2.75, 3.05) is 47.8 Å². The minimum Gasteiger partial charge on any atom is -0.493 e. The van der Waals surface area contributed by atoms with E-state index in [1.807, 2.05) is 60.7 Å². The average molecular weight is 499 g/mol. The van der Waals surface area contributed by atoms with Gasteiger partial charge in [-0.3, -0.25) is 4.79 Å². The Morgan fingerprint density at radius 1 is 0.778 bits per heavy atom. The van der Waals surface area contributed by atoms with Gasteiger partial charge in [-0.2, -0.15) is 4.39 Å². The first kappa shape index (κ1) is 27.0. The Bertz CT molecular complexity index is 1050. The molecule has 0 aliphatic heterocycles. The van der Waals surface area contributed by atoms with Gasteiger partial charge in [0.05, 0.1) is 26.7 Å². The van der Waals surface area contributed by atoms with Crippen molar-refractivity contribution in [3.8, 4) is 17.2 Å². The number of carbonyl (C=O) groups is 1. The molecule has 0 radical (unpaired) electrons. The standard InChI is InChI=1S/C28H31FO7/c1-31-14-16-34-23-18-22(27(33-3)25(29)28(23)35-17-15-32-2)19-24(30)36-26(20-10-6-4-7-11-20)21-12-8-5-9-13-21/h4-13,18,26H,14-17,19H2,1-3H3. The first-order valence-corrected chi connectivity index (χ1v) is 11.5. The summed E-state index contributed by atoms with van der Waals surface area (Å²) in [6.45, 7) is 0.817. The molecule has 0 aliphatic carbocycles. The lowest BCUT2D eigenvalue weighted by molar-refractivity contribution is -0.146. The lowest BCUT2D eigenvalue weighted by atomic mass is 10.0. The summed E-state index contributed by atoms with van der Waals surface area (Å²) in [5.41, 5.74) is 1.91. The highest BCUT2D eigenvalue weighted by molar-refractivity contribution is 5.75. The largest absolute Gasteiger partial charge is 0.493 e. The molecule has 0 amide bonds. The quantitative estimate of drug-likeness (QED) is 0.234. The lowest BCUT2D eigenvalue weighted by Gasteiger charge is -2.20. The highest BCUT2D eigenvalue weighted by atomic mass is 19.1. The maximum atomic E-state index is 15.4. The predicted molar refractivity (Wildman–Crippen MR) is 132 cm³/mol. The van der Waals surface area contributed by atoms with Crippen molar-refractivity contribution >= 4 is 5.97 Å². The molecule has 3 rings (SSSR count). The minimum atomic E-state index is -0.769. The van der Waals surface area contributed by atoms with Crippen molar-refractivity contribution in [2.45, 2.75) is 12.5 Å². The second-order valence-electron chi connectivity index (χ2n) is 7.76. The first-order valence-electron chi connectivity index (χ1n) is 11.5. The normalized spacial score (nSPS) is 10.8. The smallest absolute Gasteiger partial charge is 0.311 e.